The third kappa shape index (κ3) is 3.69. The molecule has 1 aromatic rings. The van der Waals surface area contributed by atoms with Gasteiger partial charge in [-0.1, -0.05) is 19.3 Å². The molecule has 0 spiro atoms. The Bertz CT molecular complexity index is 439. The van der Waals surface area contributed by atoms with Gasteiger partial charge in [0.05, 0.1) is 19.3 Å². The Morgan fingerprint density at radius 1 is 1.32 bits per heavy atom. The van der Waals surface area contributed by atoms with Gasteiger partial charge in [0.15, 0.2) is 0 Å². The molecule has 1 saturated carbocycles. The number of hydrogen-bond donors (Lipinski definition) is 0. The van der Waals surface area contributed by atoms with Crippen molar-refractivity contribution in [1.82, 2.24) is 0 Å². The standard InChI is InChI=1S/C15H19FO3/c1-18-12-7-8-13(14(16)9-12)15(17)19-10-11-5-3-2-4-6-11/h7-9,11H,2-6,10H2,1H3. The summed E-state index contributed by atoms with van der Waals surface area (Å²) >= 11 is 0. The summed E-state index contributed by atoms with van der Waals surface area (Å²) in [6.45, 7) is 0.393. The Balaban J connectivity index is 1.92. The molecule has 0 N–H and O–H groups in total. The lowest BCUT2D eigenvalue weighted by Crippen LogP contribution is -2.17. The molecular weight excluding hydrogens is 247 g/mol. The van der Waals surface area contributed by atoms with Crippen molar-refractivity contribution in [3.63, 3.8) is 0 Å². The lowest BCUT2D eigenvalue weighted by molar-refractivity contribution is 0.0405. The van der Waals surface area contributed by atoms with Gasteiger partial charge in [-0.15, -0.1) is 0 Å². The Morgan fingerprint density at radius 3 is 2.68 bits per heavy atom. The molecule has 0 radical (unpaired) electrons. The average Bonchev–Trinajstić information content (AvgIpc) is 2.45. The Hall–Kier alpha value is -1.58. The second kappa shape index (κ2) is 6.55. The van der Waals surface area contributed by atoms with Gasteiger partial charge in [0.2, 0.25) is 0 Å². The molecule has 0 amide bonds. The quantitative estimate of drug-likeness (QED) is 0.781. The summed E-state index contributed by atoms with van der Waals surface area (Å²) in [6.07, 6.45) is 5.84. The summed E-state index contributed by atoms with van der Waals surface area (Å²) in [4.78, 5) is 11.8. The third-order valence-corrected chi connectivity index (χ3v) is 3.57. The fourth-order valence-corrected chi connectivity index (χ4v) is 2.41. The van der Waals surface area contributed by atoms with Crippen molar-refractivity contribution in [3.05, 3.63) is 29.6 Å². The van der Waals surface area contributed by atoms with Crippen LogP contribution in [0.1, 0.15) is 42.5 Å². The SMILES string of the molecule is COc1ccc(C(=O)OCC2CCCCC2)c(F)c1. The van der Waals surface area contributed by atoms with Crippen LogP contribution in [-0.4, -0.2) is 19.7 Å². The van der Waals surface area contributed by atoms with Gasteiger partial charge in [0.1, 0.15) is 11.6 Å². The van der Waals surface area contributed by atoms with Crippen LogP contribution in [0.15, 0.2) is 18.2 Å². The van der Waals surface area contributed by atoms with Crippen LogP contribution in [0.25, 0.3) is 0 Å². The monoisotopic (exact) mass is 266 g/mol. The number of carbonyl (C=O) groups is 1. The highest BCUT2D eigenvalue weighted by atomic mass is 19.1. The lowest BCUT2D eigenvalue weighted by atomic mass is 9.90. The van der Waals surface area contributed by atoms with E-state index in [9.17, 15) is 9.18 Å². The molecule has 1 aromatic carbocycles. The molecule has 0 aromatic heterocycles. The fourth-order valence-electron chi connectivity index (χ4n) is 2.41. The minimum absolute atomic E-state index is 0.0309. The number of methoxy groups -OCH3 is 1. The Labute approximate surface area is 112 Å². The van der Waals surface area contributed by atoms with Crippen LogP contribution in [0.4, 0.5) is 4.39 Å². The van der Waals surface area contributed by atoms with Crippen molar-refractivity contribution in [1.29, 1.82) is 0 Å². The molecule has 2 rings (SSSR count). The minimum Gasteiger partial charge on any atom is -0.497 e. The summed E-state index contributed by atoms with van der Waals surface area (Å²) in [5, 5.41) is 0. The van der Waals surface area contributed by atoms with E-state index in [0.717, 1.165) is 12.8 Å². The smallest absolute Gasteiger partial charge is 0.341 e. The summed E-state index contributed by atoms with van der Waals surface area (Å²) in [7, 11) is 1.45. The van der Waals surface area contributed by atoms with Crippen molar-refractivity contribution < 1.29 is 18.7 Å². The van der Waals surface area contributed by atoms with Crippen LogP contribution in [0, 0.1) is 11.7 Å². The van der Waals surface area contributed by atoms with E-state index in [4.69, 9.17) is 9.47 Å². The van der Waals surface area contributed by atoms with E-state index in [1.165, 1.54) is 38.5 Å². The van der Waals surface area contributed by atoms with Gasteiger partial charge in [-0.05, 0) is 30.9 Å². The number of halogens is 1. The predicted molar refractivity (Wildman–Crippen MR) is 69.8 cm³/mol. The van der Waals surface area contributed by atoms with E-state index in [1.807, 2.05) is 0 Å². The molecule has 0 unspecified atom stereocenters. The normalized spacial score (nSPS) is 16.1. The van der Waals surface area contributed by atoms with Crippen molar-refractivity contribution in [2.24, 2.45) is 5.92 Å². The molecule has 1 aliphatic carbocycles. The molecule has 0 atom stereocenters. The van der Waals surface area contributed by atoms with E-state index in [-0.39, 0.29) is 5.56 Å². The number of benzene rings is 1. The summed E-state index contributed by atoms with van der Waals surface area (Å²) in [6, 6.07) is 4.15. The van der Waals surface area contributed by atoms with Crippen LogP contribution < -0.4 is 4.74 Å². The molecule has 4 heteroatoms. The first-order valence-corrected chi connectivity index (χ1v) is 6.71. The van der Waals surface area contributed by atoms with Crippen LogP contribution in [-0.2, 0) is 4.74 Å². The van der Waals surface area contributed by atoms with Crippen molar-refractivity contribution in [2.45, 2.75) is 32.1 Å². The van der Waals surface area contributed by atoms with Gasteiger partial charge in [-0.3, -0.25) is 0 Å². The highest BCUT2D eigenvalue weighted by Crippen LogP contribution is 2.24. The van der Waals surface area contributed by atoms with Gasteiger partial charge < -0.3 is 9.47 Å². The van der Waals surface area contributed by atoms with E-state index >= 15 is 0 Å². The molecule has 1 aliphatic rings. The maximum Gasteiger partial charge on any atom is 0.341 e. The van der Waals surface area contributed by atoms with Gasteiger partial charge >= 0.3 is 5.97 Å². The topological polar surface area (TPSA) is 35.5 Å². The second-order valence-electron chi connectivity index (χ2n) is 4.95. The fraction of sp³-hybridized carbons (Fsp3) is 0.533. The predicted octanol–water partition coefficient (Wildman–Crippen LogP) is 3.57. The average molecular weight is 266 g/mol. The number of carbonyl (C=O) groups excluding carboxylic acids is 1. The summed E-state index contributed by atoms with van der Waals surface area (Å²) in [5.41, 5.74) is -0.0309. The van der Waals surface area contributed by atoms with Gasteiger partial charge in [-0.2, -0.15) is 0 Å². The summed E-state index contributed by atoms with van der Waals surface area (Å²) in [5.74, 6) is -0.376. The maximum atomic E-state index is 13.7. The molecule has 3 nitrogen and oxygen atoms in total. The van der Waals surface area contributed by atoms with Crippen LogP contribution in [0.2, 0.25) is 0 Å². The molecule has 104 valence electrons. The molecule has 0 aliphatic heterocycles. The Kier molecular flexibility index (Phi) is 4.77. The zero-order valence-corrected chi connectivity index (χ0v) is 11.2. The van der Waals surface area contributed by atoms with E-state index in [2.05, 4.69) is 0 Å². The zero-order chi connectivity index (χ0) is 13.7. The molecule has 1 fully saturated rings. The molecular formula is C15H19FO3. The van der Waals surface area contributed by atoms with E-state index in [0.29, 0.717) is 18.3 Å². The minimum atomic E-state index is -0.604. The zero-order valence-electron chi connectivity index (χ0n) is 11.2. The Morgan fingerprint density at radius 2 is 2.05 bits per heavy atom. The third-order valence-electron chi connectivity index (χ3n) is 3.57. The first kappa shape index (κ1) is 13.8. The highest BCUT2D eigenvalue weighted by Gasteiger charge is 2.18. The van der Waals surface area contributed by atoms with Gasteiger partial charge in [0.25, 0.3) is 0 Å². The van der Waals surface area contributed by atoms with Crippen LogP contribution >= 0.6 is 0 Å². The molecule has 0 saturated heterocycles. The van der Waals surface area contributed by atoms with Crippen LogP contribution in [0.5, 0.6) is 5.75 Å². The molecule has 0 bridgehead atoms. The highest BCUT2D eigenvalue weighted by molar-refractivity contribution is 5.89. The summed E-state index contributed by atoms with van der Waals surface area (Å²) < 4.78 is 23.8. The number of esters is 1. The van der Waals surface area contributed by atoms with Gasteiger partial charge in [0, 0.05) is 6.07 Å². The maximum absolute atomic E-state index is 13.7. The lowest BCUT2D eigenvalue weighted by Gasteiger charge is -2.21. The number of hydrogen-bond acceptors (Lipinski definition) is 3. The van der Waals surface area contributed by atoms with Crippen molar-refractivity contribution in [3.8, 4) is 5.75 Å². The molecule has 0 heterocycles. The second-order valence-corrected chi connectivity index (χ2v) is 4.95. The molecule has 19 heavy (non-hydrogen) atoms. The first-order chi connectivity index (χ1) is 9.20. The number of rotatable bonds is 4. The largest absolute Gasteiger partial charge is 0.497 e. The van der Waals surface area contributed by atoms with Crippen molar-refractivity contribution >= 4 is 5.97 Å². The first-order valence-electron chi connectivity index (χ1n) is 6.71. The van der Waals surface area contributed by atoms with Crippen molar-refractivity contribution in [2.75, 3.05) is 13.7 Å². The van der Waals surface area contributed by atoms with E-state index < -0.39 is 11.8 Å². The number of ether oxygens (including phenoxy) is 2. The van der Waals surface area contributed by atoms with Crippen LogP contribution in [0.3, 0.4) is 0 Å². The van der Waals surface area contributed by atoms with E-state index in [1.54, 1.807) is 6.07 Å². The van der Waals surface area contributed by atoms with Gasteiger partial charge in [-0.25, -0.2) is 9.18 Å².